The van der Waals surface area contributed by atoms with Crippen LogP contribution in [0.15, 0.2) is 64.1 Å². The Balaban J connectivity index is 1.68. The van der Waals surface area contributed by atoms with Gasteiger partial charge >= 0.3 is 0 Å². The third-order valence-electron chi connectivity index (χ3n) is 4.60. The molecule has 0 amide bonds. The first kappa shape index (κ1) is 15.3. The number of thioether (sulfide) groups is 1. The van der Waals surface area contributed by atoms with E-state index in [2.05, 4.69) is 69.1 Å². The van der Waals surface area contributed by atoms with Crippen LogP contribution in [0, 0.1) is 0 Å². The summed E-state index contributed by atoms with van der Waals surface area (Å²) in [5.41, 5.74) is 1.24. The fourth-order valence-electron chi connectivity index (χ4n) is 3.47. The van der Waals surface area contributed by atoms with Crippen LogP contribution in [0.2, 0.25) is 0 Å². The Morgan fingerprint density at radius 3 is 2.70 bits per heavy atom. The molecule has 1 saturated carbocycles. The highest BCUT2D eigenvalue weighted by Gasteiger charge is 2.29. The van der Waals surface area contributed by atoms with Crippen LogP contribution in [-0.4, -0.2) is 15.0 Å². The van der Waals surface area contributed by atoms with Crippen LogP contribution in [0.25, 0.3) is 10.9 Å². The highest BCUT2D eigenvalue weighted by Crippen LogP contribution is 2.41. The monoisotopic (exact) mass is 386 g/mol. The molecule has 1 fully saturated rings. The second-order valence-corrected chi connectivity index (χ2v) is 8.25. The molecule has 23 heavy (non-hydrogen) atoms. The van der Waals surface area contributed by atoms with Crippen LogP contribution in [0.3, 0.4) is 0 Å². The molecule has 0 bridgehead atoms. The van der Waals surface area contributed by atoms with Gasteiger partial charge in [0.1, 0.15) is 0 Å². The normalized spacial score (nSPS) is 21.6. The molecule has 118 valence electrons. The molecule has 4 heteroatoms. The lowest BCUT2D eigenvalue weighted by molar-refractivity contribution is 0.348. The molecule has 3 aromatic rings. The van der Waals surface area contributed by atoms with Crippen molar-refractivity contribution in [1.29, 1.82) is 0 Å². The summed E-state index contributed by atoms with van der Waals surface area (Å²) < 4.78 is 3.39. The van der Waals surface area contributed by atoms with Gasteiger partial charge in [-0.25, -0.2) is 0 Å². The van der Waals surface area contributed by atoms with E-state index in [1.54, 1.807) is 0 Å². The number of nitrogens with zero attached hydrogens (tertiary/aromatic N) is 2. The molecule has 1 aliphatic carbocycles. The average Bonchev–Trinajstić information content (AvgIpc) is 3.02. The van der Waals surface area contributed by atoms with Crippen LogP contribution in [0.4, 0.5) is 0 Å². The standard InChI is InChI=1S/C19H19BrN2S/c20-16-9-6-11-17-15(16)13-21-22(17)18-10-4-5-12-19(18)23-14-7-2-1-3-8-14/h1-3,6-9,11,13,18-19H,4-5,10,12H2. The Morgan fingerprint density at radius 1 is 1.00 bits per heavy atom. The van der Waals surface area contributed by atoms with Crippen LogP contribution in [0.5, 0.6) is 0 Å². The summed E-state index contributed by atoms with van der Waals surface area (Å²) in [6.07, 6.45) is 7.10. The molecule has 0 N–H and O–H groups in total. The van der Waals surface area contributed by atoms with Gasteiger partial charge in [-0.15, -0.1) is 11.8 Å². The fraction of sp³-hybridized carbons (Fsp3) is 0.316. The molecule has 0 aliphatic heterocycles. The molecule has 2 nitrogen and oxygen atoms in total. The summed E-state index contributed by atoms with van der Waals surface area (Å²) >= 11 is 5.66. The maximum absolute atomic E-state index is 4.75. The Kier molecular flexibility index (Phi) is 4.45. The zero-order chi connectivity index (χ0) is 15.6. The predicted molar refractivity (Wildman–Crippen MR) is 101 cm³/mol. The zero-order valence-electron chi connectivity index (χ0n) is 12.9. The van der Waals surface area contributed by atoms with E-state index in [1.165, 1.54) is 41.5 Å². The number of aromatic nitrogens is 2. The van der Waals surface area contributed by atoms with E-state index in [0.717, 1.165) is 4.47 Å². The Bertz CT molecular complexity index is 799. The van der Waals surface area contributed by atoms with Crippen molar-refractivity contribution in [2.75, 3.05) is 0 Å². The van der Waals surface area contributed by atoms with Crippen molar-refractivity contribution in [2.24, 2.45) is 0 Å². The zero-order valence-corrected chi connectivity index (χ0v) is 15.3. The second kappa shape index (κ2) is 6.70. The molecule has 1 heterocycles. The smallest absolute Gasteiger partial charge is 0.0697 e. The lowest BCUT2D eigenvalue weighted by Crippen LogP contribution is -2.26. The predicted octanol–water partition coefficient (Wildman–Crippen LogP) is 6.07. The fourth-order valence-corrected chi connectivity index (χ4v) is 5.28. The van der Waals surface area contributed by atoms with Crippen molar-refractivity contribution >= 4 is 38.6 Å². The Hall–Kier alpha value is -1.26. The van der Waals surface area contributed by atoms with Crippen molar-refractivity contribution in [1.82, 2.24) is 9.78 Å². The Morgan fingerprint density at radius 2 is 1.83 bits per heavy atom. The molecular weight excluding hydrogens is 368 g/mol. The number of benzene rings is 2. The SMILES string of the molecule is Brc1cccc2c1cnn2C1CCCCC1Sc1ccccc1. The van der Waals surface area contributed by atoms with Gasteiger partial charge in [-0.2, -0.15) is 5.10 Å². The molecule has 0 spiro atoms. The van der Waals surface area contributed by atoms with Crippen molar-refractivity contribution < 1.29 is 0 Å². The molecule has 2 atom stereocenters. The summed E-state index contributed by atoms with van der Waals surface area (Å²) in [6.45, 7) is 0. The third-order valence-corrected chi connectivity index (χ3v) is 6.69. The molecule has 1 aromatic heterocycles. The summed E-state index contributed by atoms with van der Waals surface area (Å²) in [7, 11) is 0. The van der Waals surface area contributed by atoms with E-state index in [4.69, 9.17) is 5.10 Å². The quantitative estimate of drug-likeness (QED) is 0.542. The molecule has 1 aliphatic rings. The largest absolute Gasteiger partial charge is 0.261 e. The first-order chi connectivity index (χ1) is 11.3. The van der Waals surface area contributed by atoms with E-state index < -0.39 is 0 Å². The minimum absolute atomic E-state index is 0.473. The number of rotatable bonds is 3. The molecule has 4 rings (SSSR count). The number of hydrogen-bond acceptors (Lipinski definition) is 2. The van der Waals surface area contributed by atoms with Gasteiger partial charge < -0.3 is 0 Å². The second-order valence-electron chi connectivity index (χ2n) is 6.08. The van der Waals surface area contributed by atoms with Crippen molar-refractivity contribution in [3.63, 3.8) is 0 Å². The van der Waals surface area contributed by atoms with Gasteiger partial charge in [0.05, 0.1) is 17.8 Å². The summed E-state index contributed by atoms with van der Waals surface area (Å²) in [5.74, 6) is 0. The average molecular weight is 387 g/mol. The van der Waals surface area contributed by atoms with Crippen molar-refractivity contribution in [2.45, 2.75) is 41.9 Å². The highest BCUT2D eigenvalue weighted by molar-refractivity contribution is 9.10. The summed E-state index contributed by atoms with van der Waals surface area (Å²) in [5, 5.41) is 6.55. The first-order valence-electron chi connectivity index (χ1n) is 8.16. The van der Waals surface area contributed by atoms with Gasteiger partial charge in [0.15, 0.2) is 0 Å². The lowest BCUT2D eigenvalue weighted by Gasteiger charge is -2.31. The molecule has 2 unspecified atom stereocenters. The van der Waals surface area contributed by atoms with E-state index in [9.17, 15) is 0 Å². The molecule has 2 aromatic carbocycles. The number of halogens is 1. The van der Waals surface area contributed by atoms with E-state index in [1.807, 2.05) is 18.0 Å². The van der Waals surface area contributed by atoms with E-state index >= 15 is 0 Å². The minimum atomic E-state index is 0.473. The lowest BCUT2D eigenvalue weighted by atomic mass is 9.95. The van der Waals surface area contributed by atoms with Crippen LogP contribution < -0.4 is 0 Å². The van der Waals surface area contributed by atoms with Crippen LogP contribution >= 0.6 is 27.7 Å². The van der Waals surface area contributed by atoms with Crippen molar-refractivity contribution in [3.8, 4) is 0 Å². The van der Waals surface area contributed by atoms with E-state index in [-0.39, 0.29) is 0 Å². The topological polar surface area (TPSA) is 17.8 Å². The third kappa shape index (κ3) is 3.07. The van der Waals surface area contributed by atoms with Gasteiger partial charge in [0.2, 0.25) is 0 Å². The Labute approximate surface area is 149 Å². The maximum atomic E-state index is 4.75. The highest BCUT2D eigenvalue weighted by atomic mass is 79.9. The minimum Gasteiger partial charge on any atom is -0.261 e. The number of hydrogen-bond donors (Lipinski definition) is 0. The van der Waals surface area contributed by atoms with Crippen LogP contribution in [-0.2, 0) is 0 Å². The van der Waals surface area contributed by atoms with Gasteiger partial charge in [0.25, 0.3) is 0 Å². The van der Waals surface area contributed by atoms with E-state index in [0.29, 0.717) is 11.3 Å². The van der Waals surface area contributed by atoms with Gasteiger partial charge in [0, 0.05) is 20.0 Å². The number of fused-ring (bicyclic) bond motifs is 1. The summed E-state index contributed by atoms with van der Waals surface area (Å²) in [4.78, 5) is 1.36. The molecule has 0 saturated heterocycles. The first-order valence-corrected chi connectivity index (χ1v) is 9.83. The molecular formula is C19H19BrN2S. The maximum Gasteiger partial charge on any atom is 0.0697 e. The van der Waals surface area contributed by atoms with Gasteiger partial charge in [-0.3, -0.25) is 4.68 Å². The van der Waals surface area contributed by atoms with Gasteiger partial charge in [-0.1, -0.05) is 53.0 Å². The van der Waals surface area contributed by atoms with Gasteiger partial charge in [-0.05, 0) is 37.1 Å². The summed E-state index contributed by atoms with van der Waals surface area (Å²) in [6, 6.07) is 17.6. The van der Waals surface area contributed by atoms with Crippen LogP contribution in [0.1, 0.15) is 31.7 Å². The molecule has 0 radical (unpaired) electrons. The van der Waals surface area contributed by atoms with Crippen molar-refractivity contribution in [3.05, 3.63) is 59.2 Å².